The fraction of sp³-hybridized carbons (Fsp3) is 0.133. The number of aromatic nitrogens is 2. The summed E-state index contributed by atoms with van der Waals surface area (Å²) in [7, 11) is 0. The number of halogens is 2. The van der Waals surface area contributed by atoms with Gasteiger partial charge < -0.3 is 14.7 Å². The number of fused-ring (bicyclic) bond motifs is 1. The summed E-state index contributed by atoms with van der Waals surface area (Å²) >= 11 is 9.57. The molecule has 21 heavy (non-hydrogen) atoms. The van der Waals surface area contributed by atoms with Crippen molar-refractivity contribution >= 4 is 44.4 Å². The lowest BCUT2D eigenvalue weighted by atomic mass is 10.1. The molecule has 0 spiro atoms. The van der Waals surface area contributed by atoms with E-state index in [2.05, 4.69) is 25.9 Å². The molecule has 2 N–H and O–H groups in total. The highest BCUT2D eigenvalue weighted by Gasteiger charge is 2.21. The Balaban J connectivity index is 2.31. The van der Waals surface area contributed by atoms with Gasteiger partial charge in [-0.15, -0.1) is 0 Å². The Labute approximate surface area is 134 Å². The Morgan fingerprint density at radius 3 is 2.90 bits per heavy atom. The van der Waals surface area contributed by atoms with Crippen molar-refractivity contribution in [2.75, 3.05) is 6.61 Å². The number of hydrogen-bond donors (Lipinski definition) is 2. The first-order valence-corrected chi connectivity index (χ1v) is 7.60. The van der Waals surface area contributed by atoms with E-state index in [-0.39, 0.29) is 5.97 Å². The van der Waals surface area contributed by atoms with E-state index in [4.69, 9.17) is 16.3 Å². The summed E-state index contributed by atoms with van der Waals surface area (Å²) in [4.78, 5) is 18.4. The predicted molar refractivity (Wildman–Crippen MR) is 86.8 cm³/mol. The van der Waals surface area contributed by atoms with Crippen molar-refractivity contribution in [2.24, 2.45) is 0 Å². The van der Waals surface area contributed by atoms with Gasteiger partial charge in [-0.25, -0.2) is 4.79 Å². The zero-order valence-corrected chi connectivity index (χ0v) is 13.5. The van der Waals surface area contributed by atoms with Gasteiger partial charge in [0, 0.05) is 32.8 Å². The van der Waals surface area contributed by atoms with Crippen molar-refractivity contribution in [1.82, 2.24) is 9.97 Å². The lowest BCUT2D eigenvalue weighted by molar-refractivity contribution is 0.0521. The van der Waals surface area contributed by atoms with Crippen molar-refractivity contribution in [1.29, 1.82) is 0 Å². The second-order valence-electron chi connectivity index (χ2n) is 4.49. The van der Waals surface area contributed by atoms with E-state index in [0.717, 1.165) is 26.6 Å². The van der Waals surface area contributed by atoms with Gasteiger partial charge in [0.25, 0.3) is 0 Å². The molecule has 0 bridgehead atoms. The van der Waals surface area contributed by atoms with E-state index in [9.17, 15) is 4.79 Å². The lowest BCUT2D eigenvalue weighted by Crippen LogP contribution is -2.06. The second-order valence-corrected chi connectivity index (χ2v) is 5.75. The van der Waals surface area contributed by atoms with Gasteiger partial charge in [-0.1, -0.05) is 11.6 Å². The highest BCUT2D eigenvalue weighted by molar-refractivity contribution is 9.10. The third kappa shape index (κ3) is 2.47. The van der Waals surface area contributed by atoms with Crippen LogP contribution in [0.25, 0.3) is 22.2 Å². The SMILES string of the molecule is CCOC(=O)c1[nH]c2cc(Br)c(Cl)cc2c1-c1ccc[nH]1. The summed E-state index contributed by atoms with van der Waals surface area (Å²) in [5, 5.41) is 1.46. The van der Waals surface area contributed by atoms with E-state index in [1.807, 2.05) is 30.5 Å². The number of rotatable bonds is 3. The van der Waals surface area contributed by atoms with E-state index in [1.54, 1.807) is 6.92 Å². The van der Waals surface area contributed by atoms with Gasteiger partial charge in [0.05, 0.1) is 11.6 Å². The molecule has 2 heterocycles. The average Bonchev–Trinajstić information content (AvgIpc) is 3.06. The second kappa shape index (κ2) is 5.58. The summed E-state index contributed by atoms with van der Waals surface area (Å²) in [6, 6.07) is 7.47. The van der Waals surface area contributed by atoms with Crippen molar-refractivity contribution in [2.45, 2.75) is 6.92 Å². The number of carbonyl (C=O) groups is 1. The first kappa shape index (κ1) is 14.2. The molecule has 0 fully saturated rings. The van der Waals surface area contributed by atoms with Crippen LogP contribution in [0.4, 0.5) is 0 Å². The minimum absolute atomic E-state index is 0.322. The molecule has 0 aliphatic heterocycles. The fourth-order valence-corrected chi connectivity index (χ4v) is 2.82. The molecular weight excluding hydrogens is 356 g/mol. The number of H-pyrrole nitrogens is 2. The summed E-state index contributed by atoms with van der Waals surface area (Å²) < 4.78 is 5.90. The minimum Gasteiger partial charge on any atom is -0.461 e. The van der Waals surface area contributed by atoms with Crippen LogP contribution in [0.1, 0.15) is 17.4 Å². The molecular formula is C15H12BrClN2O2. The number of hydrogen-bond acceptors (Lipinski definition) is 2. The van der Waals surface area contributed by atoms with Gasteiger partial charge in [0.2, 0.25) is 0 Å². The van der Waals surface area contributed by atoms with Crippen LogP contribution in [-0.4, -0.2) is 22.5 Å². The van der Waals surface area contributed by atoms with Crippen LogP contribution in [0.3, 0.4) is 0 Å². The average molecular weight is 368 g/mol. The summed E-state index contributed by atoms with van der Waals surface area (Å²) in [6.07, 6.45) is 1.81. The van der Waals surface area contributed by atoms with Gasteiger partial charge in [-0.3, -0.25) is 0 Å². The lowest BCUT2D eigenvalue weighted by Gasteiger charge is -2.03. The van der Waals surface area contributed by atoms with Crippen LogP contribution in [0.2, 0.25) is 5.02 Å². The Bertz CT molecular complexity index is 809. The number of nitrogens with one attached hydrogen (secondary N) is 2. The number of benzene rings is 1. The first-order chi connectivity index (χ1) is 10.1. The maximum absolute atomic E-state index is 12.2. The van der Waals surface area contributed by atoms with Gasteiger partial charge in [-0.2, -0.15) is 0 Å². The third-order valence-electron chi connectivity index (χ3n) is 3.19. The molecule has 4 nitrogen and oxygen atoms in total. The summed E-state index contributed by atoms with van der Waals surface area (Å²) in [5.74, 6) is -0.384. The topological polar surface area (TPSA) is 57.9 Å². The summed E-state index contributed by atoms with van der Waals surface area (Å²) in [5.41, 5.74) is 2.84. The van der Waals surface area contributed by atoms with Gasteiger partial charge >= 0.3 is 5.97 Å². The van der Waals surface area contributed by atoms with E-state index in [0.29, 0.717) is 17.3 Å². The highest BCUT2D eigenvalue weighted by atomic mass is 79.9. The molecule has 0 aliphatic carbocycles. The number of ether oxygens (including phenoxy) is 1. The smallest absolute Gasteiger partial charge is 0.355 e. The van der Waals surface area contributed by atoms with Crippen molar-refractivity contribution in [3.63, 3.8) is 0 Å². The fourth-order valence-electron chi connectivity index (χ4n) is 2.31. The van der Waals surface area contributed by atoms with Crippen molar-refractivity contribution in [3.05, 3.63) is 45.7 Å². The molecule has 3 rings (SSSR count). The van der Waals surface area contributed by atoms with Crippen LogP contribution in [0, 0.1) is 0 Å². The molecule has 108 valence electrons. The van der Waals surface area contributed by atoms with Crippen molar-refractivity contribution in [3.8, 4) is 11.3 Å². The number of aromatic amines is 2. The molecule has 3 aromatic rings. The van der Waals surface area contributed by atoms with E-state index >= 15 is 0 Å². The molecule has 0 saturated carbocycles. The molecule has 0 aliphatic rings. The molecule has 2 aromatic heterocycles. The Morgan fingerprint density at radius 2 is 2.24 bits per heavy atom. The van der Waals surface area contributed by atoms with Crippen LogP contribution >= 0.6 is 27.5 Å². The maximum Gasteiger partial charge on any atom is 0.355 e. The predicted octanol–water partition coefficient (Wildman–Crippen LogP) is 4.76. The standard InChI is InChI=1S/C15H12BrClN2O2/c1-2-21-15(20)14-13(11-4-3-5-18-11)8-6-10(17)9(16)7-12(8)19-14/h3-7,18-19H,2H2,1H3. The molecule has 0 unspecified atom stereocenters. The molecule has 0 radical (unpaired) electrons. The monoisotopic (exact) mass is 366 g/mol. The van der Waals surface area contributed by atoms with Crippen LogP contribution in [-0.2, 0) is 4.74 Å². The molecule has 6 heteroatoms. The normalized spacial score (nSPS) is 11.0. The highest BCUT2D eigenvalue weighted by Crippen LogP contribution is 2.36. The number of esters is 1. The zero-order valence-electron chi connectivity index (χ0n) is 11.2. The molecule has 0 saturated heterocycles. The molecule has 0 atom stereocenters. The van der Waals surface area contributed by atoms with Crippen LogP contribution in [0.5, 0.6) is 0 Å². The van der Waals surface area contributed by atoms with Crippen molar-refractivity contribution < 1.29 is 9.53 Å². The first-order valence-electron chi connectivity index (χ1n) is 6.43. The van der Waals surface area contributed by atoms with Gasteiger partial charge in [-0.05, 0) is 47.1 Å². The Morgan fingerprint density at radius 1 is 1.43 bits per heavy atom. The maximum atomic E-state index is 12.2. The third-order valence-corrected chi connectivity index (χ3v) is 4.38. The largest absolute Gasteiger partial charge is 0.461 e. The minimum atomic E-state index is -0.384. The number of carbonyl (C=O) groups excluding carboxylic acids is 1. The van der Waals surface area contributed by atoms with E-state index in [1.165, 1.54) is 0 Å². The molecule has 0 amide bonds. The van der Waals surface area contributed by atoms with Crippen LogP contribution < -0.4 is 0 Å². The quantitative estimate of drug-likeness (QED) is 0.656. The molecule has 1 aromatic carbocycles. The van der Waals surface area contributed by atoms with Gasteiger partial charge in [0.15, 0.2) is 0 Å². The van der Waals surface area contributed by atoms with Crippen LogP contribution in [0.15, 0.2) is 34.9 Å². The van der Waals surface area contributed by atoms with E-state index < -0.39 is 0 Å². The zero-order chi connectivity index (χ0) is 15.0. The summed E-state index contributed by atoms with van der Waals surface area (Å²) in [6.45, 7) is 2.10. The Kier molecular flexibility index (Phi) is 3.78. The van der Waals surface area contributed by atoms with Gasteiger partial charge in [0.1, 0.15) is 5.69 Å². The Hall–Kier alpha value is -1.72.